The molecule has 0 heterocycles. The van der Waals surface area contributed by atoms with Gasteiger partial charge in [0.15, 0.2) is 0 Å². The molecular formula is C19H20F2N2O2. The first-order valence-corrected chi connectivity index (χ1v) is 7.75. The normalized spacial score (nSPS) is 11.8. The van der Waals surface area contributed by atoms with Crippen LogP contribution >= 0.6 is 0 Å². The second kappa shape index (κ2) is 7.88. The zero-order valence-corrected chi connectivity index (χ0v) is 14.3. The molecule has 0 saturated carbocycles. The van der Waals surface area contributed by atoms with Gasteiger partial charge in [0, 0.05) is 11.1 Å². The van der Waals surface area contributed by atoms with Crippen LogP contribution in [-0.4, -0.2) is 18.7 Å². The predicted octanol–water partition coefficient (Wildman–Crippen LogP) is 4.35. The van der Waals surface area contributed by atoms with Crippen molar-refractivity contribution < 1.29 is 18.3 Å². The second-order valence-corrected chi connectivity index (χ2v) is 6.44. The first-order chi connectivity index (χ1) is 11.8. The maximum absolute atomic E-state index is 12.4. The molecule has 132 valence electrons. The van der Waals surface area contributed by atoms with Gasteiger partial charge in [-0.1, -0.05) is 45.0 Å². The Morgan fingerprint density at radius 2 is 1.76 bits per heavy atom. The highest BCUT2D eigenvalue weighted by Crippen LogP contribution is 2.22. The van der Waals surface area contributed by atoms with Crippen molar-refractivity contribution in [2.24, 2.45) is 5.10 Å². The van der Waals surface area contributed by atoms with E-state index in [0.717, 1.165) is 5.56 Å². The SMILES string of the molecule is CC(C)(C)c1ccc(C(=O)N/N=C/c2ccccc2OC(F)F)cc1. The molecule has 4 nitrogen and oxygen atoms in total. The molecule has 0 unspecified atom stereocenters. The van der Waals surface area contributed by atoms with Crippen molar-refractivity contribution in [2.75, 3.05) is 0 Å². The fourth-order valence-electron chi connectivity index (χ4n) is 2.14. The summed E-state index contributed by atoms with van der Waals surface area (Å²) < 4.78 is 29.1. The van der Waals surface area contributed by atoms with Gasteiger partial charge in [-0.25, -0.2) is 5.43 Å². The number of hydrogen-bond donors (Lipinski definition) is 1. The molecule has 0 fully saturated rings. The first kappa shape index (κ1) is 18.6. The summed E-state index contributed by atoms with van der Waals surface area (Å²) in [7, 11) is 0. The standard InChI is InChI=1S/C19H20F2N2O2/c1-19(2,3)15-10-8-13(9-11-15)17(24)23-22-12-14-6-4-5-7-16(14)25-18(20)21/h4-12,18H,1-3H3,(H,23,24)/b22-12+. The van der Waals surface area contributed by atoms with E-state index in [1.807, 2.05) is 12.1 Å². The average molecular weight is 346 g/mol. The van der Waals surface area contributed by atoms with Gasteiger partial charge in [-0.05, 0) is 35.2 Å². The predicted molar refractivity (Wildman–Crippen MR) is 93.3 cm³/mol. The summed E-state index contributed by atoms with van der Waals surface area (Å²) >= 11 is 0. The van der Waals surface area contributed by atoms with Crippen molar-refractivity contribution in [3.05, 3.63) is 65.2 Å². The third-order valence-corrected chi connectivity index (χ3v) is 3.52. The summed E-state index contributed by atoms with van der Waals surface area (Å²) in [5.41, 5.74) is 4.29. The number of hydrogen-bond acceptors (Lipinski definition) is 3. The van der Waals surface area contributed by atoms with Crippen LogP contribution in [-0.2, 0) is 5.41 Å². The Bertz CT molecular complexity index is 751. The minimum absolute atomic E-state index is 0.00156. The molecule has 0 atom stereocenters. The molecule has 0 aliphatic heterocycles. The summed E-state index contributed by atoms with van der Waals surface area (Å²) in [6.45, 7) is 3.34. The number of ether oxygens (including phenoxy) is 1. The maximum Gasteiger partial charge on any atom is 0.387 e. The molecule has 0 radical (unpaired) electrons. The third kappa shape index (κ3) is 5.38. The van der Waals surface area contributed by atoms with Crippen LogP contribution < -0.4 is 10.2 Å². The summed E-state index contributed by atoms with van der Waals surface area (Å²) in [6, 6.07) is 13.4. The fourth-order valence-corrected chi connectivity index (χ4v) is 2.14. The highest BCUT2D eigenvalue weighted by molar-refractivity contribution is 5.95. The Labute approximate surface area is 145 Å². The Balaban J connectivity index is 2.04. The van der Waals surface area contributed by atoms with Crippen molar-refractivity contribution in [3.63, 3.8) is 0 Å². The zero-order chi connectivity index (χ0) is 18.4. The highest BCUT2D eigenvalue weighted by atomic mass is 19.3. The topological polar surface area (TPSA) is 50.7 Å². The molecule has 2 rings (SSSR count). The van der Waals surface area contributed by atoms with Gasteiger partial charge < -0.3 is 4.74 Å². The van der Waals surface area contributed by atoms with E-state index in [4.69, 9.17) is 0 Å². The number of rotatable bonds is 5. The number of hydrazone groups is 1. The summed E-state index contributed by atoms with van der Waals surface area (Å²) in [6.07, 6.45) is 1.26. The van der Waals surface area contributed by atoms with E-state index in [2.05, 4.69) is 36.0 Å². The van der Waals surface area contributed by atoms with Crippen molar-refractivity contribution in [3.8, 4) is 5.75 Å². The number of carbonyl (C=O) groups is 1. The van der Waals surface area contributed by atoms with Gasteiger partial charge in [0.05, 0.1) is 6.21 Å². The number of nitrogens with zero attached hydrogens (tertiary/aromatic N) is 1. The van der Waals surface area contributed by atoms with Crippen LogP contribution in [0.25, 0.3) is 0 Å². The molecule has 1 amide bonds. The third-order valence-electron chi connectivity index (χ3n) is 3.52. The van der Waals surface area contributed by atoms with Gasteiger partial charge in [0.25, 0.3) is 5.91 Å². The van der Waals surface area contributed by atoms with Gasteiger partial charge in [0.2, 0.25) is 0 Å². The number of nitrogens with one attached hydrogen (secondary N) is 1. The number of benzene rings is 2. The van der Waals surface area contributed by atoms with Gasteiger partial charge >= 0.3 is 6.61 Å². The Hall–Kier alpha value is -2.76. The molecular weight excluding hydrogens is 326 g/mol. The van der Waals surface area contributed by atoms with Crippen molar-refractivity contribution >= 4 is 12.1 Å². The lowest BCUT2D eigenvalue weighted by atomic mass is 9.87. The number of carbonyl (C=O) groups excluding carboxylic acids is 1. The first-order valence-electron chi connectivity index (χ1n) is 7.75. The summed E-state index contributed by atoms with van der Waals surface area (Å²) in [5.74, 6) is -0.394. The van der Waals surface area contributed by atoms with Crippen LogP contribution in [0.2, 0.25) is 0 Å². The van der Waals surface area contributed by atoms with Gasteiger partial charge in [-0.15, -0.1) is 0 Å². The largest absolute Gasteiger partial charge is 0.434 e. The molecule has 25 heavy (non-hydrogen) atoms. The van der Waals surface area contributed by atoms with Crippen LogP contribution in [0.1, 0.15) is 42.3 Å². The molecule has 6 heteroatoms. The smallest absolute Gasteiger partial charge is 0.387 e. The molecule has 0 aromatic heterocycles. The number of para-hydroxylation sites is 1. The molecule has 0 aliphatic carbocycles. The minimum Gasteiger partial charge on any atom is -0.434 e. The minimum atomic E-state index is -2.93. The van der Waals surface area contributed by atoms with E-state index >= 15 is 0 Å². The van der Waals surface area contributed by atoms with Crippen LogP contribution in [0, 0.1) is 0 Å². The fraction of sp³-hybridized carbons (Fsp3) is 0.263. The molecule has 0 spiro atoms. The Morgan fingerprint density at radius 1 is 1.12 bits per heavy atom. The highest BCUT2D eigenvalue weighted by Gasteiger charge is 2.14. The Morgan fingerprint density at radius 3 is 2.36 bits per heavy atom. The zero-order valence-electron chi connectivity index (χ0n) is 14.3. The van der Waals surface area contributed by atoms with E-state index in [-0.39, 0.29) is 17.1 Å². The summed E-state index contributed by atoms with van der Waals surface area (Å²) in [4.78, 5) is 12.1. The molecule has 2 aromatic carbocycles. The van der Waals surface area contributed by atoms with E-state index < -0.39 is 6.61 Å². The molecule has 1 N–H and O–H groups in total. The number of halogens is 2. The van der Waals surface area contributed by atoms with Crippen LogP contribution in [0.3, 0.4) is 0 Å². The lowest BCUT2D eigenvalue weighted by Gasteiger charge is -2.18. The maximum atomic E-state index is 12.4. The quantitative estimate of drug-likeness (QED) is 0.646. The van der Waals surface area contributed by atoms with Gasteiger partial charge in [0.1, 0.15) is 5.75 Å². The molecule has 0 bridgehead atoms. The van der Waals surface area contributed by atoms with Crippen molar-refractivity contribution in [2.45, 2.75) is 32.8 Å². The van der Waals surface area contributed by atoms with Crippen LogP contribution in [0.15, 0.2) is 53.6 Å². The monoisotopic (exact) mass is 346 g/mol. The van der Waals surface area contributed by atoms with E-state index in [9.17, 15) is 13.6 Å². The number of amides is 1. The lowest BCUT2D eigenvalue weighted by Crippen LogP contribution is -2.18. The molecule has 0 aliphatic rings. The lowest BCUT2D eigenvalue weighted by molar-refractivity contribution is -0.0499. The van der Waals surface area contributed by atoms with E-state index in [1.165, 1.54) is 12.3 Å². The number of alkyl halides is 2. The molecule has 0 saturated heterocycles. The Kier molecular flexibility index (Phi) is 5.85. The van der Waals surface area contributed by atoms with Crippen LogP contribution in [0.4, 0.5) is 8.78 Å². The van der Waals surface area contributed by atoms with Gasteiger partial charge in [-0.2, -0.15) is 13.9 Å². The van der Waals surface area contributed by atoms with Gasteiger partial charge in [-0.3, -0.25) is 4.79 Å². The molecule has 2 aromatic rings. The summed E-state index contributed by atoms with van der Waals surface area (Å²) in [5, 5.41) is 3.81. The van der Waals surface area contributed by atoms with Crippen molar-refractivity contribution in [1.29, 1.82) is 0 Å². The van der Waals surface area contributed by atoms with Crippen LogP contribution in [0.5, 0.6) is 5.75 Å². The van der Waals surface area contributed by atoms with E-state index in [0.29, 0.717) is 11.1 Å². The van der Waals surface area contributed by atoms with E-state index in [1.54, 1.807) is 30.3 Å². The average Bonchev–Trinajstić information content (AvgIpc) is 2.55. The second-order valence-electron chi connectivity index (χ2n) is 6.44. The van der Waals surface area contributed by atoms with Crippen molar-refractivity contribution in [1.82, 2.24) is 5.43 Å².